The van der Waals surface area contributed by atoms with Crippen LogP contribution in [0.15, 0.2) is 12.2 Å². The lowest BCUT2D eigenvalue weighted by Gasteiger charge is -2.03. The van der Waals surface area contributed by atoms with Gasteiger partial charge in [-0.15, -0.1) is 0 Å². The highest BCUT2D eigenvalue weighted by molar-refractivity contribution is 5.87. The Labute approximate surface area is 62.6 Å². The maximum absolute atomic E-state index is 10.1. The minimum atomic E-state index is -1.68. The molecule has 0 heterocycles. The number of hydrogen-bond acceptors (Lipinski definition) is 3. The number of rotatable bonds is 4. The van der Waals surface area contributed by atoms with Gasteiger partial charge in [-0.2, -0.15) is 0 Å². The lowest BCUT2D eigenvalue weighted by atomic mass is 10.1. The van der Waals surface area contributed by atoms with Crippen LogP contribution >= 0.6 is 0 Å². The average molecular weight is 160 g/mol. The van der Waals surface area contributed by atoms with Gasteiger partial charge in [-0.3, -0.25) is 0 Å². The predicted molar refractivity (Wildman–Crippen MR) is 35.0 cm³/mol. The topological polar surface area (TPSA) is 94.8 Å². The van der Waals surface area contributed by atoms with E-state index >= 15 is 0 Å². The first kappa shape index (κ1) is 9.64. The Morgan fingerprint density at radius 2 is 1.82 bits per heavy atom. The molecule has 0 saturated heterocycles. The predicted octanol–water partition coefficient (Wildman–Crippen LogP) is -0.537. The van der Waals surface area contributed by atoms with Crippen molar-refractivity contribution in [1.29, 1.82) is 0 Å². The second kappa shape index (κ2) is 3.72. The van der Waals surface area contributed by atoms with Crippen LogP contribution in [0.25, 0.3) is 0 Å². The van der Waals surface area contributed by atoms with Crippen molar-refractivity contribution < 1.29 is 24.9 Å². The zero-order valence-electron chi connectivity index (χ0n) is 5.65. The minimum Gasteiger partial charge on any atom is -0.479 e. The van der Waals surface area contributed by atoms with Crippen LogP contribution in [0, 0.1) is 0 Å². The Bertz CT molecular complexity index is 195. The highest BCUT2D eigenvalue weighted by Gasteiger charge is 2.17. The first-order valence-electron chi connectivity index (χ1n) is 2.77. The van der Waals surface area contributed by atoms with Crippen LogP contribution in [-0.4, -0.2) is 33.4 Å². The third kappa shape index (κ3) is 3.36. The summed E-state index contributed by atoms with van der Waals surface area (Å²) in [6.45, 7) is 3.05. The van der Waals surface area contributed by atoms with Crippen molar-refractivity contribution in [1.82, 2.24) is 0 Å². The SMILES string of the molecule is C=C(C[C@@H](O)C(=O)O)C(=O)O. The van der Waals surface area contributed by atoms with Crippen molar-refractivity contribution >= 4 is 11.9 Å². The van der Waals surface area contributed by atoms with Crippen molar-refractivity contribution in [3.63, 3.8) is 0 Å². The van der Waals surface area contributed by atoms with Crippen LogP contribution in [-0.2, 0) is 9.59 Å². The number of aliphatic hydroxyl groups is 1. The molecule has 0 radical (unpaired) electrons. The Morgan fingerprint density at radius 3 is 2.09 bits per heavy atom. The molecule has 5 nitrogen and oxygen atoms in total. The molecule has 0 aliphatic rings. The van der Waals surface area contributed by atoms with Crippen molar-refractivity contribution in [2.45, 2.75) is 12.5 Å². The highest BCUT2D eigenvalue weighted by atomic mass is 16.4. The lowest BCUT2D eigenvalue weighted by molar-refractivity contribution is -0.146. The normalized spacial score (nSPS) is 12.1. The molecule has 0 saturated carbocycles. The van der Waals surface area contributed by atoms with E-state index in [2.05, 4.69) is 6.58 Å². The third-order valence-electron chi connectivity index (χ3n) is 1.03. The van der Waals surface area contributed by atoms with Crippen LogP contribution in [0.2, 0.25) is 0 Å². The molecule has 0 fully saturated rings. The molecular weight excluding hydrogens is 152 g/mol. The molecule has 0 unspecified atom stereocenters. The molecule has 0 aliphatic heterocycles. The van der Waals surface area contributed by atoms with Crippen LogP contribution in [0.5, 0.6) is 0 Å². The van der Waals surface area contributed by atoms with Crippen LogP contribution in [0.4, 0.5) is 0 Å². The second-order valence-electron chi connectivity index (χ2n) is 1.97. The Balaban J connectivity index is 3.95. The molecule has 0 aromatic rings. The molecule has 11 heavy (non-hydrogen) atoms. The zero-order chi connectivity index (χ0) is 9.02. The standard InChI is InChI=1S/C6H8O5/c1-3(5(8)9)2-4(7)6(10)11/h4,7H,1-2H2,(H,8,9)(H,10,11)/t4-/m1/s1. The van der Waals surface area contributed by atoms with Gasteiger partial charge in [0.15, 0.2) is 6.10 Å². The first-order chi connectivity index (χ1) is 4.95. The molecule has 62 valence electrons. The number of aliphatic hydroxyl groups excluding tert-OH is 1. The number of carboxylic acid groups (broad SMARTS) is 2. The molecule has 0 amide bonds. The van der Waals surface area contributed by atoms with E-state index in [9.17, 15) is 9.59 Å². The van der Waals surface area contributed by atoms with Crippen LogP contribution in [0.1, 0.15) is 6.42 Å². The maximum Gasteiger partial charge on any atom is 0.332 e. The van der Waals surface area contributed by atoms with Gasteiger partial charge < -0.3 is 15.3 Å². The van der Waals surface area contributed by atoms with E-state index < -0.39 is 24.5 Å². The monoisotopic (exact) mass is 160 g/mol. The van der Waals surface area contributed by atoms with Crippen molar-refractivity contribution in [3.05, 3.63) is 12.2 Å². The molecule has 0 bridgehead atoms. The van der Waals surface area contributed by atoms with Gasteiger partial charge in [0.1, 0.15) is 0 Å². The fraction of sp³-hybridized carbons (Fsp3) is 0.333. The molecule has 0 aromatic carbocycles. The van der Waals surface area contributed by atoms with Crippen molar-refractivity contribution in [3.8, 4) is 0 Å². The van der Waals surface area contributed by atoms with Crippen molar-refractivity contribution in [2.75, 3.05) is 0 Å². The average Bonchev–Trinajstić information content (AvgIpc) is 1.87. The van der Waals surface area contributed by atoms with E-state index in [-0.39, 0.29) is 5.57 Å². The smallest absolute Gasteiger partial charge is 0.332 e. The maximum atomic E-state index is 10.1. The quantitative estimate of drug-likeness (QED) is 0.480. The molecular formula is C6H8O5. The van der Waals surface area contributed by atoms with Crippen LogP contribution < -0.4 is 0 Å². The van der Waals surface area contributed by atoms with Gasteiger partial charge in [-0.05, 0) is 0 Å². The van der Waals surface area contributed by atoms with E-state index in [1.807, 2.05) is 0 Å². The van der Waals surface area contributed by atoms with Gasteiger partial charge in [0.05, 0.1) is 0 Å². The summed E-state index contributed by atoms with van der Waals surface area (Å²) in [5, 5.41) is 25.0. The fourth-order valence-electron chi connectivity index (χ4n) is 0.408. The molecule has 3 N–H and O–H groups in total. The molecule has 0 aromatic heterocycles. The second-order valence-corrected chi connectivity index (χ2v) is 1.97. The summed E-state index contributed by atoms with van der Waals surface area (Å²) in [5.41, 5.74) is -0.320. The molecule has 1 atom stereocenters. The Morgan fingerprint density at radius 1 is 1.36 bits per heavy atom. The fourth-order valence-corrected chi connectivity index (χ4v) is 0.408. The van der Waals surface area contributed by atoms with Gasteiger partial charge in [0.25, 0.3) is 0 Å². The number of hydrogen-bond donors (Lipinski definition) is 3. The largest absolute Gasteiger partial charge is 0.479 e. The van der Waals surface area contributed by atoms with E-state index in [1.165, 1.54) is 0 Å². The van der Waals surface area contributed by atoms with Crippen molar-refractivity contribution in [2.24, 2.45) is 0 Å². The summed E-state index contributed by atoms with van der Waals surface area (Å²) in [4.78, 5) is 20.0. The molecule has 0 rings (SSSR count). The van der Waals surface area contributed by atoms with Gasteiger partial charge in [-0.25, -0.2) is 9.59 Å². The molecule has 5 heteroatoms. The van der Waals surface area contributed by atoms with E-state index in [1.54, 1.807) is 0 Å². The van der Waals surface area contributed by atoms with Gasteiger partial charge >= 0.3 is 11.9 Å². The molecule has 0 aliphatic carbocycles. The van der Waals surface area contributed by atoms with E-state index in [0.29, 0.717) is 0 Å². The number of carbonyl (C=O) groups is 2. The van der Waals surface area contributed by atoms with Gasteiger partial charge in [-0.1, -0.05) is 6.58 Å². The number of carboxylic acids is 2. The lowest BCUT2D eigenvalue weighted by Crippen LogP contribution is -2.21. The Hall–Kier alpha value is -1.36. The zero-order valence-corrected chi connectivity index (χ0v) is 5.65. The highest BCUT2D eigenvalue weighted by Crippen LogP contribution is 2.02. The van der Waals surface area contributed by atoms with Crippen LogP contribution in [0.3, 0.4) is 0 Å². The minimum absolute atomic E-state index is 0.320. The summed E-state index contributed by atoms with van der Waals surface area (Å²) >= 11 is 0. The summed E-state index contributed by atoms with van der Waals surface area (Å²) in [7, 11) is 0. The summed E-state index contributed by atoms with van der Waals surface area (Å²) < 4.78 is 0. The first-order valence-corrected chi connectivity index (χ1v) is 2.77. The number of aliphatic carboxylic acids is 2. The van der Waals surface area contributed by atoms with E-state index in [0.717, 1.165) is 0 Å². The summed E-state index contributed by atoms with van der Waals surface area (Å²) in [5.74, 6) is -2.75. The summed E-state index contributed by atoms with van der Waals surface area (Å²) in [6.07, 6.45) is -2.14. The van der Waals surface area contributed by atoms with Gasteiger partial charge in [0.2, 0.25) is 0 Å². The molecule has 0 spiro atoms. The third-order valence-corrected chi connectivity index (χ3v) is 1.03. The summed E-state index contributed by atoms with van der Waals surface area (Å²) in [6, 6.07) is 0. The van der Waals surface area contributed by atoms with E-state index in [4.69, 9.17) is 15.3 Å². The van der Waals surface area contributed by atoms with Gasteiger partial charge in [0, 0.05) is 12.0 Å². The Kier molecular flexibility index (Phi) is 3.26.